The number of carbonyl (C=O) groups is 1. The van der Waals surface area contributed by atoms with Crippen LogP contribution >= 0.6 is 0 Å². The molecule has 0 radical (unpaired) electrons. The Morgan fingerprint density at radius 3 is 2.61 bits per heavy atom. The van der Waals surface area contributed by atoms with Crippen molar-refractivity contribution in [3.8, 4) is 11.5 Å². The lowest BCUT2D eigenvalue weighted by molar-refractivity contribution is -0.137. The Balaban J connectivity index is 1.21. The molecule has 3 aromatic rings. The highest BCUT2D eigenvalue weighted by atomic mass is 19.4. The lowest BCUT2D eigenvalue weighted by atomic mass is 10.0. The topological polar surface area (TPSA) is 56.6 Å². The molecular formula is C24H24F3N3O3. The first kappa shape index (κ1) is 21.6. The molecule has 0 aliphatic carbocycles. The molecule has 9 heteroatoms. The maximum absolute atomic E-state index is 13.0. The number of aryl methyl sites for hydroxylation is 2. The normalized spacial score (nSPS) is 16.5. The summed E-state index contributed by atoms with van der Waals surface area (Å²) in [6.45, 7) is 3.27. The van der Waals surface area contributed by atoms with E-state index in [0.29, 0.717) is 48.5 Å². The second-order valence-corrected chi connectivity index (χ2v) is 8.53. The third-order valence-corrected chi connectivity index (χ3v) is 6.44. The van der Waals surface area contributed by atoms with Crippen LogP contribution in [0.25, 0.3) is 11.0 Å². The minimum absolute atomic E-state index is 0.102. The Hall–Kier alpha value is -3.23. The van der Waals surface area contributed by atoms with Gasteiger partial charge in [-0.3, -0.25) is 4.79 Å². The molecule has 0 spiro atoms. The lowest BCUT2D eigenvalue weighted by Crippen LogP contribution is -2.39. The van der Waals surface area contributed by atoms with E-state index in [4.69, 9.17) is 9.47 Å². The van der Waals surface area contributed by atoms with Gasteiger partial charge in [0.05, 0.1) is 16.6 Å². The van der Waals surface area contributed by atoms with Gasteiger partial charge in [0.25, 0.3) is 0 Å². The number of nitrogens with zero attached hydrogens (tertiary/aromatic N) is 3. The van der Waals surface area contributed by atoms with Crippen LogP contribution in [0.1, 0.15) is 42.3 Å². The average molecular weight is 459 g/mol. The molecule has 33 heavy (non-hydrogen) atoms. The van der Waals surface area contributed by atoms with Crippen LogP contribution in [0.4, 0.5) is 13.2 Å². The number of likely N-dealkylation sites (tertiary alicyclic amines) is 1. The van der Waals surface area contributed by atoms with E-state index in [9.17, 15) is 18.0 Å². The molecular weight excluding hydrogens is 435 g/mol. The van der Waals surface area contributed by atoms with Crippen molar-refractivity contribution in [3.05, 3.63) is 53.3 Å². The van der Waals surface area contributed by atoms with Gasteiger partial charge in [-0.25, -0.2) is 4.98 Å². The second kappa shape index (κ2) is 8.28. The molecule has 0 saturated carbocycles. The van der Waals surface area contributed by atoms with Gasteiger partial charge in [-0.2, -0.15) is 13.2 Å². The largest absolute Gasteiger partial charge is 0.454 e. The molecule has 1 amide bonds. The fraction of sp³-hybridized carbons (Fsp3) is 0.417. The molecule has 0 bridgehead atoms. The number of hydrogen-bond acceptors (Lipinski definition) is 4. The second-order valence-electron chi connectivity index (χ2n) is 8.53. The van der Waals surface area contributed by atoms with Crippen LogP contribution in [-0.2, 0) is 17.4 Å². The number of fused-ring (bicyclic) bond motifs is 2. The predicted octanol–water partition coefficient (Wildman–Crippen LogP) is 4.89. The Labute approximate surface area is 188 Å². The summed E-state index contributed by atoms with van der Waals surface area (Å²) in [6, 6.07) is 9.54. The predicted molar refractivity (Wildman–Crippen MR) is 115 cm³/mol. The zero-order valence-corrected chi connectivity index (χ0v) is 18.2. The zero-order chi connectivity index (χ0) is 23.2. The van der Waals surface area contributed by atoms with E-state index in [0.717, 1.165) is 36.3 Å². The number of rotatable bonds is 4. The maximum atomic E-state index is 13.0. The molecule has 1 fully saturated rings. The number of ether oxygens (including phenoxy) is 2. The van der Waals surface area contributed by atoms with Crippen LogP contribution < -0.4 is 9.47 Å². The van der Waals surface area contributed by atoms with Crippen molar-refractivity contribution in [2.24, 2.45) is 0 Å². The van der Waals surface area contributed by atoms with Crippen molar-refractivity contribution >= 4 is 16.9 Å². The molecule has 2 aromatic carbocycles. The van der Waals surface area contributed by atoms with Crippen LogP contribution in [0.15, 0.2) is 36.4 Å². The van der Waals surface area contributed by atoms with Crippen LogP contribution in [0.3, 0.4) is 0 Å². The van der Waals surface area contributed by atoms with Gasteiger partial charge < -0.3 is 18.9 Å². The number of carbonyl (C=O) groups excluding carboxylic acids is 1. The van der Waals surface area contributed by atoms with Gasteiger partial charge in [-0.05, 0) is 62.1 Å². The van der Waals surface area contributed by atoms with Gasteiger partial charge in [0, 0.05) is 25.6 Å². The third-order valence-electron chi connectivity index (χ3n) is 6.44. The van der Waals surface area contributed by atoms with Crippen LogP contribution in [0.5, 0.6) is 11.5 Å². The Kier molecular flexibility index (Phi) is 5.42. The monoisotopic (exact) mass is 459 g/mol. The van der Waals surface area contributed by atoms with Crippen LogP contribution in [0.2, 0.25) is 0 Å². The van der Waals surface area contributed by atoms with E-state index < -0.39 is 11.7 Å². The first-order valence-corrected chi connectivity index (χ1v) is 11.0. The molecule has 6 nitrogen and oxygen atoms in total. The molecule has 1 saturated heterocycles. The van der Waals surface area contributed by atoms with E-state index in [1.807, 2.05) is 34.6 Å². The minimum atomic E-state index is -4.39. The summed E-state index contributed by atoms with van der Waals surface area (Å²) in [5.41, 5.74) is 1.39. The summed E-state index contributed by atoms with van der Waals surface area (Å²) in [6.07, 6.45) is -1.87. The van der Waals surface area contributed by atoms with Crippen molar-refractivity contribution in [3.63, 3.8) is 0 Å². The molecule has 0 unspecified atom stereocenters. The molecule has 2 aliphatic heterocycles. The fourth-order valence-corrected chi connectivity index (χ4v) is 4.74. The summed E-state index contributed by atoms with van der Waals surface area (Å²) in [5.74, 6) is 2.24. The number of halogens is 3. The van der Waals surface area contributed by atoms with E-state index in [2.05, 4.69) is 4.98 Å². The highest BCUT2D eigenvalue weighted by Crippen LogP contribution is 2.35. The maximum Gasteiger partial charge on any atom is 0.416 e. The lowest BCUT2D eigenvalue weighted by Gasteiger charge is -2.33. The first-order chi connectivity index (χ1) is 15.8. The number of benzene rings is 2. The summed E-state index contributed by atoms with van der Waals surface area (Å²) >= 11 is 0. The standard InChI is InChI=1S/C24H24F3N3O3/c1-15-28-19-13-17(24(25,26)27)4-5-20(19)30(15)18-8-10-29(11-9-18)23(31)7-3-16-2-6-21-22(12-16)33-14-32-21/h2,4-6,12-13,18H,3,7-11,14H2,1H3. The van der Waals surface area contributed by atoms with Gasteiger partial charge in [-0.1, -0.05) is 6.07 Å². The van der Waals surface area contributed by atoms with E-state index >= 15 is 0 Å². The number of imidazole rings is 1. The Morgan fingerprint density at radius 2 is 1.85 bits per heavy atom. The van der Waals surface area contributed by atoms with Gasteiger partial charge in [0.1, 0.15) is 5.82 Å². The smallest absolute Gasteiger partial charge is 0.416 e. The number of hydrogen-bond donors (Lipinski definition) is 0. The Morgan fingerprint density at radius 1 is 1.09 bits per heavy atom. The van der Waals surface area contributed by atoms with E-state index in [-0.39, 0.29) is 18.7 Å². The zero-order valence-electron chi connectivity index (χ0n) is 18.2. The molecule has 0 N–H and O–H groups in total. The summed E-state index contributed by atoms with van der Waals surface area (Å²) in [4.78, 5) is 19.0. The summed E-state index contributed by atoms with van der Waals surface area (Å²) in [7, 11) is 0. The quantitative estimate of drug-likeness (QED) is 0.558. The number of amides is 1. The number of piperidine rings is 1. The molecule has 0 atom stereocenters. The van der Waals surface area contributed by atoms with Crippen molar-refractivity contribution in [2.75, 3.05) is 19.9 Å². The van der Waals surface area contributed by atoms with Crippen molar-refractivity contribution in [1.82, 2.24) is 14.5 Å². The van der Waals surface area contributed by atoms with Gasteiger partial charge in [0.15, 0.2) is 11.5 Å². The summed E-state index contributed by atoms with van der Waals surface area (Å²) in [5, 5.41) is 0. The van der Waals surface area contributed by atoms with Crippen LogP contribution in [-0.4, -0.2) is 40.2 Å². The molecule has 3 heterocycles. The highest BCUT2D eigenvalue weighted by molar-refractivity contribution is 5.78. The van der Waals surface area contributed by atoms with E-state index in [1.54, 1.807) is 0 Å². The fourth-order valence-electron chi connectivity index (χ4n) is 4.74. The van der Waals surface area contributed by atoms with Gasteiger partial charge in [0.2, 0.25) is 12.7 Å². The summed E-state index contributed by atoms with van der Waals surface area (Å²) < 4.78 is 51.9. The average Bonchev–Trinajstić information content (AvgIpc) is 3.39. The molecule has 5 rings (SSSR count). The number of aromatic nitrogens is 2. The minimum Gasteiger partial charge on any atom is -0.454 e. The van der Waals surface area contributed by atoms with E-state index in [1.165, 1.54) is 6.07 Å². The SMILES string of the molecule is Cc1nc2cc(C(F)(F)F)ccc2n1C1CCN(C(=O)CCc2ccc3c(c2)OCO3)CC1. The van der Waals surface area contributed by atoms with Crippen molar-refractivity contribution in [2.45, 2.75) is 44.8 Å². The van der Waals surface area contributed by atoms with Crippen molar-refractivity contribution in [1.29, 1.82) is 0 Å². The van der Waals surface area contributed by atoms with Gasteiger partial charge in [-0.15, -0.1) is 0 Å². The third kappa shape index (κ3) is 4.24. The molecule has 2 aliphatic rings. The first-order valence-electron chi connectivity index (χ1n) is 11.0. The van der Waals surface area contributed by atoms with Gasteiger partial charge >= 0.3 is 6.18 Å². The Bertz CT molecular complexity index is 1200. The van der Waals surface area contributed by atoms with Crippen LogP contribution in [0, 0.1) is 6.92 Å². The molecule has 1 aromatic heterocycles. The highest BCUT2D eigenvalue weighted by Gasteiger charge is 2.32. The number of alkyl halides is 3. The van der Waals surface area contributed by atoms with Crippen molar-refractivity contribution < 1.29 is 27.4 Å². The molecule has 174 valence electrons.